The van der Waals surface area contributed by atoms with Gasteiger partial charge >= 0.3 is 0 Å². The molecule has 12 aromatic rings. The number of nitrogens with zero attached hydrogens (tertiary/aromatic N) is 4. The summed E-state index contributed by atoms with van der Waals surface area (Å²) < 4.78 is 4.28. The molecule has 2 aliphatic rings. The summed E-state index contributed by atoms with van der Waals surface area (Å²) in [5.41, 5.74) is 24.0. The highest BCUT2D eigenvalue weighted by Crippen LogP contribution is 2.55. The lowest BCUT2D eigenvalue weighted by Crippen LogP contribution is -2.30. The van der Waals surface area contributed by atoms with Crippen molar-refractivity contribution in [1.29, 1.82) is 0 Å². The molecule has 0 bridgehead atoms. The molecular weight excluding hydrogens is 849 g/mol. The third-order valence-electron chi connectivity index (χ3n) is 15.0. The van der Waals surface area contributed by atoms with Gasteiger partial charge in [0, 0.05) is 33.5 Å². The zero-order valence-electron chi connectivity index (χ0n) is 38.5. The van der Waals surface area contributed by atoms with Crippen molar-refractivity contribution >= 4 is 67.1 Å². The van der Waals surface area contributed by atoms with Crippen molar-refractivity contribution in [2.45, 2.75) is 5.41 Å². The number of hydrogen-bond donors (Lipinski definition) is 0. The topological polar surface area (TPSA) is 25.3 Å². The average Bonchev–Trinajstić information content (AvgIpc) is 4.07. The van der Waals surface area contributed by atoms with Crippen molar-refractivity contribution in [3.8, 4) is 50.2 Å². The fourth-order valence-electron chi connectivity index (χ4n) is 11.9. The van der Waals surface area contributed by atoms with Gasteiger partial charge < -0.3 is 14.9 Å². The highest BCUT2D eigenvalue weighted by atomic mass is 15.5. The molecule has 4 nitrogen and oxygen atoms in total. The molecule has 1 unspecified atom stereocenters. The van der Waals surface area contributed by atoms with E-state index in [0.717, 1.165) is 22.7 Å². The van der Waals surface area contributed by atoms with E-state index in [1.54, 1.807) is 0 Å². The lowest BCUT2D eigenvalue weighted by Gasteiger charge is -2.29. The number of hydrogen-bond acceptors (Lipinski definition) is 1. The first-order chi connectivity index (χ1) is 34.6. The fourth-order valence-corrected chi connectivity index (χ4v) is 11.9. The van der Waals surface area contributed by atoms with Crippen LogP contribution in [0.4, 0.5) is 17.1 Å². The summed E-state index contributed by atoms with van der Waals surface area (Å²) in [4.78, 5) is 2.40. The van der Waals surface area contributed by atoms with E-state index < -0.39 is 0 Å². The first kappa shape index (κ1) is 40.1. The Hall–Kier alpha value is -8.99. The van der Waals surface area contributed by atoms with Crippen molar-refractivity contribution in [3.05, 3.63) is 259 Å². The van der Waals surface area contributed by atoms with Gasteiger partial charge in [-0.3, -0.25) is 4.68 Å². The maximum atomic E-state index is 4.98. The second-order valence-electron chi connectivity index (χ2n) is 18.9. The number of para-hydroxylation sites is 3. The van der Waals surface area contributed by atoms with Gasteiger partial charge in [0.05, 0.1) is 16.4 Å². The van der Waals surface area contributed by atoms with Crippen LogP contribution in [0.1, 0.15) is 11.1 Å². The summed E-state index contributed by atoms with van der Waals surface area (Å²) in [6.07, 6.45) is 0. The van der Waals surface area contributed by atoms with Crippen molar-refractivity contribution in [3.63, 3.8) is 0 Å². The molecule has 1 aromatic heterocycles. The van der Waals surface area contributed by atoms with E-state index in [4.69, 9.17) is 5.43 Å². The molecule has 0 saturated carbocycles. The number of anilines is 3. The van der Waals surface area contributed by atoms with Gasteiger partial charge in [0.25, 0.3) is 0 Å². The van der Waals surface area contributed by atoms with Gasteiger partial charge in [-0.2, -0.15) is 0 Å². The second-order valence-corrected chi connectivity index (χ2v) is 18.9. The molecule has 11 aromatic carbocycles. The minimum absolute atomic E-state index is 0.355. The Morgan fingerprint density at radius 1 is 0.400 bits per heavy atom. The van der Waals surface area contributed by atoms with Gasteiger partial charge in [-0.1, -0.05) is 176 Å². The SMILES string of the molecule is C=[N+]1CC2(C[N-]1)c1cc(-c3ccc4c(c3)c3ccccc3n4-c3ccccc3)ccc1-c1ccc(N(c3ccccc3)c3ccc(-c4c5ccccc5c(-c5ccccc5)c5ccccc45)cc3)cc12. The fraction of sp³-hybridized carbons (Fsp3) is 0.0455. The molecule has 70 heavy (non-hydrogen) atoms. The van der Waals surface area contributed by atoms with Crippen LogP contribution in [0, 0.1) is 0 Å². The van der Waals surface area contributed by atoms with Gasteiger partial charge in [-0.05, 0) is 150 Å². The van der Waals surface area contributed by atoms with Crippen LogP contribution in [0.2, 0.25) is 0 Å². The van der Waals surface area contributed by atoms with Gasteiger partial charge in [-0.15, -0.1) is 0 Å². The zero-order valence-corrected chi connectivity index (χ0v) is 38.5. The number of benzene rings is 11. The second kappa shape index (κ2) is 15.8. The molecule has 1 fully saturated rings. The summed E-state index contributed by atoms with van der Waals surface area (Å²) in [5, 5.41) is 7.50. The zero-order chi connectivity index (χ0) is 46.3. The predicted octanol–water partition coefficient (Wildman–Crippen LogP) is 16.8. The molecule has 14 rings (SSSR count). The van der Waals surface area contributed by atoms with Crippen LogP contribution in [-0.2, 0) is 5.41 Å². The first-order valence-corrected chi connectivity index (χ1v) is 24.2. The molecule has 1 spiro atoms. The van der Waals surface area contributed by atoms with Crippen molar-refractivity contribution in [2.75, 3.05) is 18.0 Å². The molecule has 2 heterocycles. The molecule has 0 N–H and O–H groups in total. The smallest absolute Gasteiger partial charge is 0.149 e. The van der Waals surface area contributed by atoms with Crippen LogP contribution in [0.3, 0.4) is 0 Å². The van der Waals surface area contributed by atoms with E-state index in [2.05, 4.69) is 259 Å². The van der Waals surface area contributed by atoms with E-state index in [0.29, 0.717) is 13.1 Å². The highest BCUT2D eigenvalue weighted by Gasteiger charge is 2.47. The molecule has 1 atom stereocenters. The largest absolute Gasteiger partial charge is 0.440 e. The lowest BCUT2D eigenvalue weighted by molar-refractivity contribution is -0.455. The summed E-state index contributed by atoms with van der Waals surface area (Å²) in [6, 6.07) is 89.0. The molecule has 1 saturated heterocycles. The van der Waals surface area contributed by atoms with Crippen LogP contribution in [0.15, 0.2) is 243 Å². The Labute approximate surface area is 407 Å². The Bertz CT molecular complexity index is 3990. The van der Waals surface area contributed by atoms with E-state index >= 15 is 0 Å². The summed E-state index contributed by atoms with van der Waals surface area (Å²) >= 11 is 0. The normalized spacial score (nSPS) is 14.9. The van der Waals surface area contributed by atoms with Crippen LogP contribution in [0.25, 0.3) is 99.0 Å². The summed E-state index contributed by atoms with van der Waals surface area (Å²) in [7, 11) is 0. The number of aromatic nitrogens is 1. The van der Waals surface area contributed by atoms with Gasteiger partial charge in [0.2, 0.25) is 0 Å². The van der Waals surface area contributed by atoms with Crippen LogP contribution < -0.4 is 4.90 Å². The van der Waals surface area contributed by atoms with Crippen LogP contribution >= 0.6 is 0 Å². The monoisotopic (exact) mass is 894 g/mol. The van der Waals surface area contributed by atoms with Crippen molar-refractivity contribution in [1.82, 2.24) is 4.57 Å². The van der Waals surface area contributed by atoms with Gasteiger partial charge in [0.15, 0.2) is 0 Å². The quantitative estimate of drug-likeness (QED) is 0.116. The maximum Gasteiger partial charge on any atom is 0.149 e. The highest BCUT2D eigenvalue weighted by molar-refractivity contribution is 6.21. The third-order valence-corrected chi connectivity index (χ3v) is 15.0. The van der Waals surface area contributed by atoms with E-state index in [1.807, 2.05) is 4.68 Å². The summed E-state index contributed by atoms with van der Waals surface area (Å²) in [5.74, 6) is 0. The molecule has 4 heteroatoms. The molecule has 0 amide bonds. The van der Waals surface area contributed by atoms with Crippen LogP contribution in [0.5, 0.6) is 0 Å². The Morgan fingerprint density at radius 2 is 0.871 bits per heavy atom. The van der Waals surface area contributed by atoms with E-state index in [1.165, 1.54) is 99.0 Å². The third kappa shape index (κ3) is 6.13. The minimum atomic E-state index is -0.355. The van der Waals surface area contributed by atoms with Crippen molar-refractivity contribution in [2.24, 2.45) is 0 Å². The number of fused-ring (bicyclic) bond motifs is 10. The molecule has 1 aliphatic heterocycles. The van der Waals surface area contributed by atoms with Crippen LogP contribution in [-0.4, -0.2) is 29.1 Å². The van der Waals surface area contributed by atoms with Gasteiger partial charge in [0.1, 0.15) is 13.3 Å². The average molecular weight is 895 g/mol. The van der Waals surface area contributed by atoms with Crippen molar-refractivity contribution < 1.29 is 4.68 Å². The standard InChI is InChI=1S/C66H46N4/c1-68-43-66(42-67-68)60-40-47(46-32-38-63-59(39-46)54-23-15-16-28-62(54)70(63)49-21-9-4-10-22-49)31-36-52(60)53-37-35-51(41-61(53)66)69(48-19-7-3-8-20-48)50-33-29-45(30-34-50)65-57-26-13-11-24-55(57)64(44-17-5-2-6-18-44)56-25-12-14-27-58(56)65/h2-41H,1,42-43H2. The lowest BCUT2D eigenvalue weighted by atomic mass is 9.78. The Kier molecular flexibility index (Phi) is 9.05. The minimum Gasteiger partial charge on any atom is -0.440 e. The van der Waals surface area contributed by atoms with E-state index in [9.17, 15) is 0 Å². The molecule has 0 radical (unpaired) electrons. The Balaban J connectivity index is 0.874. The number of rotatable bonds is 7. The van der Waals surface area contributed by atoms with E-state index in [-0.39, 0.29) is 5.41 Å². The predicted molar refractivity (Wildman–Crippen MR) is 293 cm³/mol. The molecular formula is C66H46N4. The Morgan fingerprint density at radius 3 is 1.51 bits per heavy atom. The molecule has 1 aliphatic carbocycles. The molecule has 330 valence electrons. The summed E-state index contributed by atoms with van der Waals surface area (Å²) in [6.45, 7) is 5.71. The first-order valence-electron chi connectivity index (χ1n) is 24.2. The maximum absolute atomic E-state index is 4.98. The van der Waals surface area contributed by atoms with Gasteiger partial charge in [-0.25, -0.2) is 0 Å².